The van der Waals surface area contributed by atoms with Gasteiger partial charge in [0.2, 0.25) is 0 Å². The van der Waals surface area contributed by atoms with E-state index in [-0.39, 0.29) is 18.1 Å². The SMILES string of the molecule is CNc1ccc(Cl)c(C(=O)N(C)CC2(O)CCOCC2)n1. The summed E-state index contributed by atoms with van der Waals surface area (Å²) in [5.41, 5.74) is -0.725. The second kappa shape index (κ2) is 6.60. The number of nitrogens with one attached hydrogen (secondary N) is 1. The molecule has 21 heavy (non-hydrogen) atoms. The molecule has 1 fully saturated rings. The average molecular weight is 314 g/mol. The van der Waals surface area contributed by atoms with E-state index in [1.807, 2.05) is 0 Å². The van der Waals surface area contributed by atoms with E-state index in [1.165, 1.54) is 4.90 Å². The summed E-state index contributed by atoms with van der Waals surface area (Å²) < 4.78 is 5.24. The molecule has 0 atom stereocenters. The highest BCUT2D eigenvalue weighted by atomic mass is 35.5. The van der Waals surface area contributed by atoms with E-state index in [0.29, 0.717) is 36.9 Å². The largest absolute Gasteiger partial charge is 0.388 e. The maximum atomic E-state index is 12.5. The van der Waals surface area contributed by atoms with Gasteiger partial charge >= 0.3 is 0 Å². The fraction of sp³-hybridized carbons (Fsp3) is 0.571. The monoisotopic (exact) mass is 313 g/mol. The van der Waals surface area contributed by atoms with Gasteiger partial charge in [0.15, 0.2) is 0 Å². The van der Waals surface area contributed by atoms with Gasteiger partial charge in [0, 0.05) is 46.7 Å². The van der Waals surface area contributed by atoms with Crippen molar-refractivity contribution in [2.75, 3.05) is 39.2 Å². The third-order valence-electron chi connectivity index (χ3n) is 3.61. The summed E-state index contributed by atoms with van der Waals surface area (Å²) in [6, 6.07) is 3.33. The topological polar surface area (TPSA) is 74.7 Å². The van der Waals surface area contributed by atoms with Crippen molar-refractivity contribution < 1.29 is 14.6 Å². The number of ether oxygens (including phenoxy) is 1. The number of likely N-dealkylation sites (N-methyl/N-ethyl adjacent to an activating group) is 1. The molecule has 1 aromatic rings. The molecule has 116 valence electrons. The Kier molecular flexibility index (Phi) is 5.03. The molecule has 0 aliphatic carbocycles. The zero-order valence-corrected chi connectivity index (χ0v) is 13.0. The number of halogens is 1. The minimum absolute atomic E-state index is 0.182. The Labute approximate surface area is 129 Å². The van der Waals surface area contributed by atoms with Gasteiger partial charge in [0.1, 0.15) is 11.5 Å². The average Bonchev–Trinajstić information content (AvgIpc) is 2.47. The van der Waals surface area contributed by atoms with E-state index >= 15 is 0 Å². The van der Waals surface area contributed by atoms with Crippen LogP contribution in [0, 0.1) is 0 Å². The van der Waals surface area contributed by atoms with Gasteiger partial charge in [-0.05, 0) is 12.1 Å². The van der Waals surface area contributed by atoms with Crippen LogP contribution in [-0.4, -0.2) is 60.4 Å². The van der Waals surface area contributed by atoms with Crippen LogP contribution < -0.4 is 5.32 Å². The van der Waals surface area contributed by atoms with E-state index in [1.54, 1.807) is 26.2 Å². The van der Waals surface area contributed by atoms with Crippen molar-refractivity contribution >= 4 is 23.3 Å². The van der Waals surface area contributed by atoms with Gasteiger partial charge in [-0.1, -0.05) is 11.6 Å². The van der Waals surface area contributed by atoms with Crippen molar-refractivity contribution in [2.24, 2.45) is 0 Å². The minimum Gasteiger partial charge on any atom is -0.388 e. The lowest BCUT2D eigenvalue weighted by molar-refractivity contribution is -0.0734. The highest BCUT2D eigenvalue weighted by Crippen LogP contribution is 2.23. The number of pyridine rings is 1. The van der Waals surface area contributed by atoms with Crippen molar-refractivity contribution in [3.63, 3.8) is 0 Å². The first kappa shape index (κ1) is 16.0. The summed E-state index contributed by atoms with van der Waals surface area (Å²) in [6.45, 7) is 1.25. The lowest BCUT2D eigenvalue weighted by Crippen LogP contribution is -2.47. The van der Waals surface area contributed by atoms with E-state index < -0.39 is 5.60 Å². The minimum atomic E-state index is -0.907. The second-order valence-electron chi connectivity index (χ2n) is 5.27. The Balaban J connectivity index is 2.11. The van der Waals surface area contributed by atoms with Crippen LogP contribution in [0.3, 0.4) is 0 Å². The molecular weight excluding hydrogens is 294 g/mol. The van der Waals surface area contributed by atoms with Crippen molar-refractivity contribution in [3.05, 3.63) is 22.8 Å². The first-order valence-corrected chi connectivity index (χ1v) is 7.23. The molecule has 0 aromatic carbocycles. The molecule has 0 unspecified atom stereocenters. The molecular formula is C14H20ClN3O3. The molecule has 1 aliphatic heterocycles. The number of carbonyl (C=O) groups is 1. The van der Waals surface area contributed by atoms with Gasteiger partial charge in [-0.25, -0.2) is 4.98 Å². The molecule has 0 bridgehead atoms. The van der Waals surface area contributed by atoms with Crippen LogP contribution in [0.15, 0.2) is 12.1 Å². The third-order valence-corrected chi connectivity index (χ3v) is 3.91. The predicted molar refractivity (Wildman–Crippen MR) is 80.8 cm³/mol. The molecule has 1 saturated heterocycles. The molecule has 1 amide bonds. The van der Waals surface area contributed by atoms with Crippen LogP contribution in [-0.2, 0) is 4.74 Å². The smallest absolute Gasteiger partial charge is 0.273 e. The highest BCUT2D eigenvalue weighted by Gasteiger charge is 2.33. The Morgan fingerprint density at radius 3 is 2.81 bits per heavy atom. The van der Waals surface area contributed by atoms with Crippen LogP contribution in [0.25, 0.3) is 0 Å². The Morgan fingerprint density at radius 2 is 2.19 bits per heavy atom. The zero-order chi connectivity index (χ0) is 15.5. The molecule has 1 aliphatic rings. The van der Waals surface area contributed by atoms with Crippen molar-refractivity contribution in [1.29, 1.82) is 0 Å². The van der Waals surface area contributed by atoms with E-state index in [2.05, 4.69) is 10.3 Å². The number of aliphatic hydroxyl groups is 1. The lowest BCUT2D eigenvalue weighted by Gasteiger charge is -2.35. The number of anilines is 1. The Hall–Kier alpha value is -1.37. The quantitative estimate of drug-likeness (QED) is 0.878. The first-order valence-electron chi connectivity index (χ1n) is 6.85. The molecule has 1 aromatic heterocycles. The lowest BCUT2D eigenvalue weighted by atomic mass is 9.94. The number of rotatable bonds is 4. The Morgan fingerprint density at radius 1 is 1.52 bits per heavy atom. The molecule has 7 heteroatoms. The maximum absolute atomic E-state index is 12.5. The van der Waals surface area contributed by atoms with Gasteiger partial charge < -0.3 is 20.1 Å². The van der Waals surface area contributed by atoms with Crippen molar-refractivity contribution in [2.45, 2.75) is 18.4 Å². The number of carbonyl (C=O) groups excluding carboxylic acids is 1. The van der Waals surface area contributed by atoms with Crippen LogP contribution in [0.2, 0.25) is 5.02 Å². The molecule has 6 nitrogen and oxygen atoms in total. The van der Waals surface area contributed by atoms with Gasteiger partial charge in [-0.15, -0.1) is 0 Å². The second-order valence-corrected chi connectivity index (χ2v) is 5.68. The summed E-state index contributed by atoms with van der Waals surface area (Å²) in [4.78, 5) is 18.1. The first-order chi connectivity index (χ1) is 9.95. The predicted octanol–water partition coefficient (Wildman–Crippen LogP) is 1.39. The summed E-state index contributed by atoms with van der Waals surface area (Å²) in [6.07, 6.45) is 1.03. The standard InChI is InChI=1S/C14H20ClN3O3/c1-16-11-4-3-10(15)12(17-11)13(19)18(2)9-14(20)5-7-21-8-6-14/h3-4,20H,5-9H2,1-2H3,(H,16,17). The number of amides is 1. The highest BCUT2D eigenvalue weighted by molar-refractivity contribution is 6.33. The van der Waals surface area contributed by atoms with E-state index in [4.69, 9.17) is 16.3 Å². The zero-order valence-electron chi connectivity index (χ0n) is 12.2. The number of nitrogens with zero attached hydrogens (tertiary/aromatic N) is 2. The molecule has 0 radical (unpaired) electrons. The maximum Gasteiger partial charge on any atom is 0.273 e. The number of hydrogen-bond donors (Lipinski definition) is 2. The molecule has 0 spiro atoms. The van der Waals surface area contributed by atoms with Crippen molar-refractivity contribution in [1.82, 2.24) is 9.88 Å². The van der Waals surface area contributed by atoms with Gasteiger partial charge in [-0.3, -0.25) is 4.79 Å². The van der Waals surface area contributed by atoms with Crippen molar-refractivity contribution in [3.8, 4) is 0 Å². The fourth-order valence-corrected chi connectivity index (χ4v) is 2.52. The van der Waals surface area contributed by atoms with Gasteiger partial charge in [-0.2, -0.15) is 0 Å². The Bertz CT molecular complexity index is 518. The fourth-order valence-electron chi connectivity index (χ4n) is 2.33. The van der Waals surface area contributed by atoms with Crippen LogP contribution >= 0.6 is 11.6 Å². The van der Waals surface area contributed by atoms with Gasteiger partial charge in [0.05, 0.1) is 10.6 Å². The number of hydrogen-bond acceptors (Lipinski definition) is 5. The molecule has 2 heterocycles. The van der Waals surface area contributed by atoms with E-state index in [0.717, 1.165) is 0 Å². The summed E-state index contributed by atoms with van der Waals surface area (Å²) in [5, 5.41) is 13.6. The third kappa shape index (κ3) is 3.84. The van der Waals surface area contributed by atoms with E-state index in [9.17, 15) is 9.90 Å². The van der Waals surface area contributed by atoms with Crippen LogP contribution in [0.4, 0.5) is 5.82 Å². The van der Waals surface area contributed by atoms with Gasteiger partial charge in [0.25, 0.3) is 5.91 Å². The summed E-state index contributed by atoms with van der Waals surface area (Å²) in [5.74, 6) is 0.262. The molecule has 0 saturated carbocycles. The number of aromatic nitrogens is 1. The molecule has 2 rings (SSSR count). The molecule has 2 N–H and O–H groups in total. The normalized spacial score (nSPS) is 17.3. The summed E-state index contributed by atoms with van der Waals surface area (Å²) >= 11 is 6.05. The summed E-state index contributed by atoms with van der Waals surface area (Å²) in [7, 11) is 3.36. The van der Waals surface area contributed by atoms with Crippen LogP contribution in [0.1, 0.15) is 23.3 Å². The van der Waals surface area contributed by atoms with Crippen LogP contribution in [0.5, 0.6) is 0 Å².